The van der Waals surface area contributed by atoms with Crippen molar-refractivity contribution in [2.24, 2.45) is 0 Å². The van der Waals surface area contributed by atoms with Crippen LogP contribution in [-0.2, 0) is 0 Å². The Morgan fingerprint density at radius 2 is 1.66 bits per heavy atom. The van der Waals surface area contributed by atoms with Crippen LogP contribution < -0.4 is 19.5 Å². The average Bonchev–Trinajstić information content (AvgIpc) is 3.37. The molecule has 2 aromatic heterocycles. The molecule has 0 aliphatic carbocycles. The van der Waals surface area contributed by atoms with E-state index < -0.39 is 0 Å². The first-order valence-corrected chi connectivity index (χ1v) is 10.7. The summed E-state index contributed by atoms with van der Waals surface area (Å²) in [5.41, 5.74) is 1.74. The normalized spacial score (nSPS) is 11.0. The maximum atomic E-state index is 12.7. The summed E-state index contributed by atoms with van der Waals surface area (Å²) in [6, 6.07) is 5.20. The Kier molecular flexibility index (Phi) is 7.34. The van der Waals surface area contributed by atoms with Crippen molar-refractivity contribution in [3.8, 4) is 28.7 Å². The van der Waals surface area contributed by atoms with Crippen LogP contribution in [0.4, 0.5) is 6.01 Å². The van der Waals surface area contributed by atoms with Crippen LogP contribution in [0.3, 0.4) is 0 Å². The second-order valence-electron chi connectivity index (χ2n) is 7.18. The van der Waals surface area contributed by atoms with E-state index in [1.54, 1.807) is 22.9 Å². The standard InChI is InChI=1S/C22H29N5O5/c1-7-29-17-11-15(12-18(30-8-2)19(17)31-9-3)21-24-25-22(32-21)23-20(28)16-10-14(6)26-27(16)13(4)5/h10-13H,7-9H2,1-6H3,(H,23,25,28). The molecule has 0 aliphatic heterocycles. The molecule has 0 saturated carbocycles. The third kappa shape index (κ3) is 5.01. The summed E-state index contributed by atoms with van der Waals surface area (Å²) in [6.45, 7) is 12.7. The van der Waals surface area contributed by atoms with E-state index in [-0.39, 0.29) is 23.9 Å². The lowest BCUT2D eigenvalue weighted by Crippen LogP contribution is -2.19. The summed E-state index contributed by atoms with van der Waals surface area (Å²) >= 11 is 0. The first kappa shape index (κ1) is 23.1. The van der Waals surface area contributed by atoms with E-state index in [1.807, 2.05) is 41.5 Å². The molecule has 10 heteroatoms. The number of hydrogen-bond acceptors (Lipinski definition) is 8. The first-order chi connectivity index (χ1) is 15.4. The molecule has 1 amide bonds. The molecule has 0 unspecified atom stereocenters. The van der Waals surface area contributed by atoms with Crippen molar-refractivity contribution in [1.82, 2.24) is 20.0 Å². The molecule has 0 aliphatic rings. The molecule has 0 atom stereocenters. The van der Waals surface area contributed by atoms with Gasteiger partial charge < -0.3 is 18.6 Å². The molecule has 1 aromatic carbocycles. The number of rotatable bonds is 10. The van der Waals surface area contributed by atoms with Crippen LogP contribution in [0.1, 0.15) is 56.8 Å². The highest BCUT2D eigenvalue weighted by Crippen LogP contribution is 2.41. The fourth-order valence-electron chi connectivity index (χ4n) is 3.14. The van der Waals surface area contributed by atoms with E-state index >= 15 is 0 Å². The van der Waals surface area contributed by atoms with Gasteiger partial charge in [-0.25, -0.2) is 0 Å². The number of ether oxygens (including phenoxy) is 3. The molecule has 0 radical (unpaired) electrons. The molecule has 2 heterocycles. The zero-order chi connectivity index (χ0) is 23.3. The maximum absolute atomic E-state index is 12.7. The smallest absolute Gasteiger partial charge is 0.322 e. The molecule has 1 N–H and O–H groups in total. The fourth-order valence-corrected chi connectivity index (χ4v) is 3.14. The van der Waals surface area contributed by atoms with Crippen LogP contribution in [0.5, 0.6) is 17.2 Å². The van der Waals surface area contributed by atoms with Gasteiger partial charge in [-0.1, -0.05) is 5.10 Å². The number of nitrogens with one attached hydrogen (secondary N) is 1. The first-order valence-electron chi connectivity index (χ1n) is 10.7. The van der Waals surface area contributed by atoms with Crippen molar-refractivity contribution in [3.05, 3.63) is 29.6 Å². The lowest BCUT2D eigenvalue weighted by atomic mass is 10.2. The summed E-state index contributed by atoms with van der Waals surface area (Å²) in [7, 11) is 0. The Hall–Kier alpha value is -3.56. The maximum Gasteiger partial charge on any atom is 0.322 e. The predicted octanol–water partition coefficient (Wildman–Crippen LogP) is 4.27. The van der Waals surface area contributed by atoms with Crippen molar-refractivity contribution in [2.45, 2.75) is 47.6 Å². The van der Waals surface area contributed by atoms with Gasteiger partial charge in [-0.3, -0.25) is 14.8 Å². The molecular weight excluding hydrogens is 414 g/mol. The van der Waals surface area contributed by atoms with Gasteiger partial charge >= 0.3 is 6.01 Å². The van der Waals surface area contributed by atoms with Gasteiger partial charge in [0.2, 0.25) is 11.6 Å². The third-order valence-electron chi connectivity index (χ3n) is 4.38. The van der Waals surface area contributed by atoms with Crippen LogP contribution in [-0.4, -0.2) is 45.7 Å². The van der Waals surface area contributed by atoms with E-state index in [0.29, 0.717) is 48.3 Å². The number of hydrogen-bond donors (Lipinski definition) is 1. The Morgan fingerprint density at radius 3 is 2.22 bits per heavy atom. The van der Waals surface area contributed by atoms with Crippen LogP contribution >= 0.6 is 0 Å². The number of nitrogens with zero attached hydrogens (tertiary/aromatic N) is 4. The Labute approximate surface area is 186 Å². The quantitative estimate of drug-likeness (QED) is 0.494. The van der Waals surface area contributed by atoms with Crippen molar-refractivity contribution in [2.75, 3.05) is 25.1 Å². The Bertz CT molecular complexity index is 1050. The minimum atomic E-state index is -0.383. The number of carbonyl (C=O) groups excluding carboxylic acids is 1. The van der Waals surface area contributed by atoms with Crippen molar-refractivity contribution >= 4 is 11.9 Å². The summed E-state index contributed by atoms with van der Waals surface area (Å²) in [6.07, 6.45) is 0. The zero-order valence-electron chi connectivity index (χ0n) is 19.3. The van der Waals surface area contributed by atoms with Crippen molar-refractivity contribution in [1.29, 1.82) is 0 Å². The summed E-state index contributed by atoms with van der Waals surface area (Å²) in [5.74, 6) is 1.36. The minimum absolute atomic E-state index is 0.0241. The van der Waals surface area contributed by atoms with Gasteiger partial charge in [0.05, 0.1) is 25.5 Å². The largest absolute Gasteiger partial charge is 0.490 e. The van der Waals surface area contributed by atoms with Gasteiger partial charge in [0.25, 0.3) is 5.91 Å². The molecule has 3 rings (SSSR count). The van der Waals surface area contributed by atoms with E-state index in [4.69, 9.17) is 18.6 Å². The third-order valence-corrected chi connectivity index (χ3v) is 4.38. The van der Waals surface area contributed by atoms with Crippen molar-refractivity contribution in [3.63, 3.8) is 0 Å². The van der Waals surface area contributed by atoms with Gasteiger partial charge in [0.1, 0.15) is 5.69 Å². The molecule has 10 nitrogen and oxygen atoms in total. The number of anilines is 1. The number of aryl methyl sites for hydroxylation is 1. The molecule has 172 valence electrons. The number of amides is 1. The molecule has 0 bridgehead atoms. The highest BCUT2D eigenvalue weighted by Gasteiger charge is 2.21. The topological polar surface area (TPSA) is 114 Å². The lowest BCUT2D eigenvalue weighted by Gasteiger charge is -2.16. The van der Waals surface area contributed by atoms with Gasteiger partial charge in [-0.15, -0.1) is 5.10 Å². The van der Waals surface area contributed by atoms with Gasteiger partial charge in [-0.05, 0) is 59.7 Å². The van der Waals surface area contributed by atoms with E-state index in [9.17, 15) is 4.79 Å². The number of aromatic nitrogens is 4. The summed E-state index contributed by atoms with van der Waals surface area (Å²) < 4.78 is 24.5. The highest BCUT2D eigenvalue weighted by atomic mass is 16.5. The van der Waals surface area contributed by atoms with E-state index in [1.165, 1.54) is 0 Å². The van der Waals surface area contributed by atoms with Crippen LogP contribution in [0, 0.1) is 6.92 Å². The van der Waals surface area contributed by atoms with Crippen LogP contribution in [0.2, 0.25) is 0 Å². The average molecular weight is 444 g/mol. The molecule has 0 spiro atoms. The number of carbonyl (C=O) groups is 1. The highest BCUT2D eigenvalue weighted by molar-refractivity contribution is 6.02. The minimum Gasteiger partial charge on any atom is -0.490 e. The van der Waals surface area contributed by atoms with Gasteiger partial charge in [0, 0.05) is 11.6 Å². The second kappa shape index (κ2) is 10.2. The summed E-state index contributed by atoms with van der Waals surface area (Å²) in [5, 5.41) is 15.0. The summed E-state index contributed by atoms with van der Waals surface area (Å²) in [4.78, 5) is 12.7. The molecule has 3 aromatic rings. The van der Waals surface area contributed by atoms with Gasteiger partial charge in [-0.2, -0.15) is 5.10 Å². The molecular formula is C22H29N5O5. The SMILES string of the molecule is CCOc1cc(-c2nnc(NC(=O)c3cc(C)nn3C(C)C)o2)cc(OCC)c1OCC. The van der Waals surface area contributed by atoms with Crippen LogP contribution in [0.15, 0.2) is 22.6 Å². The number of benzene rings is 1. The van der Waals surface area contributed by atoms with E-state index in [2.05, 4.69) is 20.6 Å². The molecule has 0 saturated heterocycles. The Balaban J connectivity index is 1.90. The van der Waals surface area contributed by atoms with Gasteiger partial charge in [0.15, 0.2) is 11.5 Å². The van der Waals surface area contributed by atoms with Crippen LogP contribution in [0.25, 0.3) is 11.5 Å². The fraction of sp³-hybridized carbons (Fsp3) is 0.455. The Morgan fingerprint density at radius 1 is 1.03 bits per heavy atom. The van der Waals surface area contributed by atoms with E-state index in [0.717, 1.165) is 5.69 Å². The zero-order valence-corrected chi connectivity index (χ0v) is 19.3. The second-order valence-corrected chi connectivity index (χ2v) is 7.18. The molecule has 0 fully saturated rings. The lowest BCUT2D eigenvalue weighted by molar-refractivity contribution is 0.101. The monoisotopic (exact) mass is 443 g/mol. The van der Waals surface area contributed by atoms with Crippen molar-refractivity contribution < 1.29 is 23.4 Å². The predicted molar refractivity (Wildman–Crippen MR) is 119 cm³/mol. The molecule has 32 heavy (non-hydrogen) atoms.